The van der Waals surface area contributed by atoms with Crippen LogP contribution >= 0.6 is 11.6 Å². The molecule has 0 saturated carbocycles. The van der Waals surface area contributed by atoms with Gasteiger partial charge < -0.3 is 9.64 Å². The van der Waals surface area contributed by atoms with Crippen molar-refractivity contribution >= 4 is 39.7 Å². The third-order valence-corrected chi connectivity index (χ3v) is 6.83. The van der Waals surface area contributed by atoms with Gasteiger partial charge in [0.1, 0.15) is 11.6 Å². The van der Waals surface area contributed by atoms with E-state index in [0.29, 0.717) is 24.7 Å². The third kappa shape index (κ3) is 4.35. The molecule has 0 aliphatic carbocycles. The molecule has 3 heterocycles. The molecule has 0 N–H and O–H groups in total. The van der Waals surface area contributed by atoms with Crippen molar-refractivity contribution in [2.24, 2.45) is 5.10 Å². The number of morpholine rings is 1. The van der Waals surface area contributed by atoms with Gasteiger partial charge in [0.25, 0.3) is 0 Å². The second kappa shape index (κ2) is 9.29. The van der Waals surface area contributed by atoms with Crippen LogP contribution in [0.4, 0.5) is 15.9 Å². The van der Waals surface area contributed by atoms with Gasteiger partial charge in [0, 0.05) is 35.5 Å². The fraction of sp³-hybridized carbons (Fsp3) is 0.214. The number of para-hydroxylation sites is 1. The first kappa shape index (κ1) is 22.0. The summed E-state index contributed by atoms with van der Waals surface area (Å²) < 4.78 is 19.4. The summed E-state index contributed by atoms with van der Waals surface area (Å²) in [7, 11) is 0. The van der Waals surface area contributed by atoms with Crippen molar-refractivity contribution in [2.75, 3.05) is 36.2 Å². The van der Waals surface area contributed by atoms with Crippen molar-refractivity contribution in [3.8, 4) is 0 Å². The van der Waals surface area contributed by atoms with Gasteiger partial charge in [-0.2, -0.15) is 5.10 Å². The Morgan fingerprint density at radius 2 is 1.66 bits per heavy atom. The Bertz CT molecular complexity index is 1380. The van der Waals surface area contributed by atoms with Gasteiger partial charge >= 0.3 is 0 Å². The molecule has 4 aromatic rings. The molecular weight excluding hydrogens is 463 g/mol. The van der Waals surface area contributed by atoms with E-state index in [0.717, 1.165) is 52.3 Å². The van der Waals surface area contributed by atoms with Crippen LogP contribution in [0.25, 0.3) is 10.9 Å². The first-order valence-electron chi connectivity index (χ1n) is 11.8. The molecule has 0 amide bonds. The fourth-order valence-electron chi connectivity index (χ4n) is 4.80. The number of rotatable bonds is 4. The van der Waals surface area contributed by atoms with Gasteiger partial charge in [0.05, 0.1) is 36.2 Å². The monoisotopic (exact) mass is 486 g/mol. The van der Waals surface area contributed by atoms with E-state index in [4.69, 9.17) is 26.4 Å². The van der Waals surface area contributed by atoms with Crippen LogP contribution in [0.15, 0.2) is 84.0 Å². The van der Waals surface area contributed by atoms with Gasteiger partial charge in [-0.25, -0.2) is 9.37 Å². The molecule has 1 atom stereocenters. The van der Waals surface area contributed by atoms with Gasteiger partial charge in [-0.1, -0.05) is 41.9 Å². The summed E-state index contributed by atoms with van der Waals surface area (Å²) in [6.45, 7) is 2.92. The average Bonchev–Trinajstić information content (AvgIpc) is 3.34. The molecule has 5 nitrogen and oxygen atoms in total. The molecule has 1 fully saturated rings. The van der Waals surface area contributed by atoms with Crippen LogP contribution < -0.4 is 9.91 Å². The fourth-order valence-corrected chi connectivity index (χ4v) is 4.92. The van der Waals surface area contributed by atoms with Crippen LogP contribution in [0.3, 0.4) is 0 Å². The number of ether oxygens (including phenoxy) is 1. The molecule has 7 heteroatoms. The number of benzene rings is 3. The van der Waals surface area contributed by atoms with Gasteiger partial charge in [0.15, 0.2) is 0 Å². The number of nitrogens with zero attached hydrogens (tertiary/aromatic N) is 4. The maximum absolute atomic E-state index is 13.8. The van der Waals surface area contributed by atoms with Gasteiger partial charge in [-0.15, -0.1) is 0 Å². The quantitative estimate of drug-likeness (QED) is 0.343. The molecule has 1 saturated heterocycles. The molecule has 2 aliphatic rings. The van der Waals surface area contributed by atoms with E-state index in [-0.39, 0.29) is 11.9 Å². The zero-order valence-electron chi connectivity index (χ0n) is 19.1. The Hall–Kier alpha value is -3.48. The highest BCUT2D eigenvalue weighted by Crippen LogP contribution is 2.41. The van der Waals surface area contributed by atoms with Crippen LogP contribution in [0.1, 0.15) is 23.6 Å². The maximum Gasteiger partial charge on any atom is 0.134 e. The molecule has 1 aromatic heterocycles. The predicted octanol–water partition coefficient (Wildman–Crippen LogP) is 6.22. The summed E-state index contributed by atoms with van der Waals surface area (Å²) in [5.41, 5.74) is 4.87. The lowest BCUT2D eigenvalue weighted by atomic mass is 9.96. The van der Waals surface area contributed by atoms with Crippen LogP contribution in [0.2, 0.25) is 5.02 Å². The molecular formula is C28H24ClFN4O. The lowest BCUT2D eigenvalue weighted by Gasteiger charge is -2.33. The summed E-state index contributed by atoms with van der Waals surface area (Å²) in [5, 5.41) is 8.79. The molecule has 1 unspecified atom stereocenters. The molecule has 6 rings (SSSR count). The standard InChI is InChI=1S/C28H24ClFN4O/c29-21-7-5-19(6-8-21)26-18-27(34(32-26)23-11-9-22(30)10-12-23)24-17-20-3-1-2-4-25(20)31-28(24)33-13-15-35-16-14-33/h1-12,17,27H,13-16,18H2. The van der Waals surface area contributed by atoms with Crippen molar-refractivity contribution in [3.05, 3.63) is 101 Å². The van der Waals surface area contributed by atoms with Crippen LogP contribution in [0, 0.1) is 5.82 Å². The second-order valence-corrected chi connectivity index (χ2v) is 9.22. The smallest absolute Gasteiger partial charge is 0.134 e. The number of pyridine rings is 1. The van der Waals surface area contributed by atoms with Gasteiger partial charge in [-0.05, 0) is 54.1 Å². The number of hydrogen-bond donors (Lipinski definition) is 0. The van der Waals surface area contributed by atoms with Crippen molar-refractivity contribution in [3.63, 3.8) is 0 Å². The summed E-state index contributed by atoms with van der Waals surface area (Å²) in [6.07, 6.45) is 0.691. The largest absolute Gasteiger partial charge is 0.378 e. The molecule has 0 bridgehead atoms. The minimum Gasteiger partial charge on any atom is -0.378 e. The highest BCUT2D eigenvalue weighted by molar-refractivity contribution is 6.30. The third-order valence-electron chi connectivity index (χ3n) is 6.58. The van der Waals surface area contributed by atoms with Gasteiger partial charge in [-0.3, -0.25) is 5.01 Å². The van der Waals surface area contributed by atoms with Crippen LogP contribution in [-0.4, -0.2) is 37.0 Å². The second-order valence-electron chi connectivity index (χ2n) is 8.79. The van der Waals surface area contributed by atoms with Crippen molar-refractivity contribution in [1.82, 2.24) is 4.98 Å². The normalized spacial score (nSPS) is 18.2. The lowest BCUT2D eigenvalue weighted by molar-refractivity contribution is 0.122. The number of halogens is 2. The Balaban J connectivity index is 1.49. The zero-order chi connectivity index (χ0) is 23.8. The topological polar surface area (TPSA) is 41.0 Å². The highest BCUT2D eigenvalue weighted by atomic mass is 35.5. The van der Waals surface area contributed by atoms with Gasteiger partial charge in [0.2, 0.25) is 0 Å². The van der Waals surface area contributed by atoms with E-state index in [1.165, 1.54) is 12.1 Å². The first-order chi connectivity index (χ1) is 17.2. The highest BCUT2D eigenvalue weighted by Gasteiger charge is 2.34. The Morgan fingerprint density at radius 1 is 0.914 bits per heavy atom. The number of aromatic nitrogens is 1. The molecule has 2 aliphatic heterocycles. The molecule has 0 spiro atoms. The predicted molar refractivity (Wildman–Crippen MR) is 139 cm³/mol. The van der Waals surface area contributed by atoms with E-state index in [9.17, 15) is 4.39 Å². The van der Waals surface area contributed by atoms with E-state index in [1.54, 1.807) is 12.1 Å². The van der Waals surface area contributed by atoms with E-state index < -0.39 is 0 Å². The number of hydrazone groups is 1. The SMILES string of the molecule is Fc1ccc(N2N=C(c3ccc(Cl)cc3)CC2c2cc3ccccc3nc2N2CCOCC2)cc1. The number of hydrogen-bond acceptors (Lipinski definition) is 5. The zero-order valence-corrected chi connectivity index (χ0v) is 19.8. The van der Waals surface area contributed by atoms with E-state index in [2.05, 4.69) is 17.0 Å². The van der Waals surface area contributed by atoms with Crippen LogP contribution in [0.5, 0.6) is 0 Å². The van der Waals surface area contributed by atoms with Crippen molar-refractivity contribution < 1.29 is 9.13 Å². The summed E-state index contributed by atoms with van der Waals surface area (Å²) >= 11 is 6.13. The molecule has 35 heavy (non-hydrogen) atoms. The minimum atomic E-state index is -0.271. The first-order valence-corrected chi connectivity index (χ1v) is 12.1. The molecule has 176 valence electrons. The lowest BCUT2D eigenvalue weighted by Crippen LogP contribution is -2.38. The minimum absolute atomic E-state index is 0.0962. The molecule has 0 radical (unpaired) electrons. The summed E-state index contributed by atoms with van der Waals surface area (Å²) in [6, 6.07) is 24.6. The number of anilines is 2. The van der Waals surface area contributed by atoms with Crippen LogP contribution in [-0.2, 0) is 4.74 Å². The summed E-state index contributed by atoms with van der Waals surface area (Å²) in [4.78, 5) is 7.41. The van der Waals surface area contributed by atoms with E-state index in [1.807, 2.05) is 47.5 Å². The average molecular weight is 487 g/mol. The van der Waals surface area contributed by atoms with Crippen molar-refractivity contribution in [2.45, 2.75) is 12.5 Å². The Morgan fingerprint density at radius 3 is 2.43 bits per heavy atom. The Kier molecular flexibility index (Phi) is 5.84. The van der Waals surface area contributed by atoms with E-state index >= 15 is 0 Å². The molecule has 3 aromatic carbocycles. The number of fused-ring (bicyclic) bond motifs is 1. The maximum atomic E-state index is 13.8. The Labute approximate surface area is 208 Å². The van der Waals surface area contributed by atoms with Crippen molar-refractivity contribution in [1.29, 1.82) is 0 Å². The summed E-state index contributed by atoms with van der Waals surface area (Å²) in [5.74, 6) is 0.685.